The van der Waals surface area contributed by atoms with Crippen molar-refractivity contribution in [2.24, 2.45) is 0 Å². The fourth-order valence-corrected chi connectivity index (χ4v) is 2.51. The molecule has 0 saturated heterocycles. The van der Waals surface area contributed by atoms with E-state index in [1.54, 1.807) is 6.07 Å². The molecule has 0 aliphatic rings. The highest BCUT2D eigenvalue weighted by Gasteiger charge is 2.30. The Kier molecular flexibility index (Phi) is 6.93. The van der Waals surface area contributed by atoms with Crippen molar-refractivity contribution in [2.75, 3.05) is 13.2 Å². The van der Waals surface area contributed by atoms with Gasteiger partial charge in [0, 0.05) is 17.7 Å². The lowest BCUT2D eigenvalue weighted by atomic mass is 9.92. The van der Waals surface area contributed by atoms with Gasteiger partial charge < -0.3 is 10.1 Å². The lowest BCUT2D eigenvalue weighted by Gasteiger charge is -2.35. The second kappa shape index (κ2) is 7.96. The number of ether oxygens (including phenoxy) is 1. The average molecular weight is 302 g/mol. The molecule has 114 valence electrons. The van der Waals surface area contributed by atoms with E-state index in [1.807, 2.05) is 6.92 Å². The van der Waals surface area contributed by atoms with Crippen molar-refractivity contribution in [1.82, 2.24) is 5.32 Å². The summed E-state index contributed by atoms with van der Waals surface area (Å²) >= 11 is 6.13. The lowest BCUT2D eigenvalue weighted by Crippen LogP contribution is -2.50. The summed E-state index contributed by atoms with van der Waals surface area (Å²) in [5, 5.41) is 3.98. The monoisotopic (exact) mass is 301 g/mol. The topological polar surface area (TPSA) is 21.3 Å². The third-order valence-corrected chi connectivity index (χ3v) is 3.79. The highest BCUT2D eigenvalue weighted by molar-refractivity contribution is 6.31. The van der Waals surface area contributed by atoms with E-state index < -0.39 is 0 Å². The highest BCUT2D eigenvalue weighted by Crippen LogP contribution is 2.24. The van der Waals surface area contributed by atoms with Crippen LogP contribution in [0.1, 0.15) is 39.7 Å². The van der Waals surface area contributed by atoms with Gasteiger partial charge in [-0.05, 0) is 57.9 Å². The van der Waals surface area contributed by atoms with Gasteiger partial charge in [-0.2, -0.15) is 0 Å². The second-order valence-electron chi connectivity index (χ2n) is 5.48. The predicted molar refractivity (Wildman–Crippen MR) is 82.9 cm³/mol. The van der Waals surface area contributed by atoms with Crippen molar-refractivity contribution < 1.29 is 9.13 Å². The highest BCUT2D eigenvalue weighted by atomic mass is 35.5. The second-order valence-corrected chi connectivity index (χ2v) is 5.89. The number of hydrogen-bond donors (Lipinski definition) is 1. The molecule has 1 aromatic carbocycles. The molecular weight excluding hydrogens is 277 g/mol. The number of nitrogens with one attached hydrogen (secondary N) is 1. The van der Waals surface area contributed by atoms with Gasteiger partial charge in [0.1, 0.15) is 5.82 Å². The van der Waals surface area contributed by atoms with E-state index >= 15 is 0 Å². The third kappa shape index (κ3) is 5.04. The smallest absolute Gasteiger partial charge is 0.124 e. The Morgan fingerprint density at radius 1 is 1.35 bits per heavy atom. The maximum Gasteiger partial charge on any atom is 0.124 e. The van der Waals surface area contributed by atoms with Crippen LogP contribution in [0.4, 0.5) is 4.39 Å². The first-order valence-electron chi connectivity index (χ1n) is 7.22. The predicted octanol–water partition coefficient (Wildman–Crippen LogP) is 4.20. The summed E-state index contributed by atoms with van der Waals surface area (Å²) in [6.07, 6.45) is 1.77. The van der Waals surface area contributed by atoms with Gasteiger partial charge in [-0.1, -0.05) is 24.6 Å². The van der Waals surface area contributed by atoms with Crippen molar-refractivity contribution in [3.63, 3.8) is 0 Å². The minimum absolute atomic E-state index is 0.130. The fraction of sp³-hybridized carbons (Fsp3) is 0.625. The molecule has 0 bridgehead atoms. The Balaban J connectivity index is 2.88. The van der Waals surface area contributed by atoms with Gasteiger partial charge in [0.15, 0.2) is 0 Å². The summed E-state index contributed by atoms with van der Waals surface area (Å²) < 4.78 is 19.0. The summed E-state index contributed by atoms with van der Waals surface area (Å²) in [5.74, 6) is -0.305. The minimum Gasteiger partial charge on any atom is -0.374 e. The molecule has 0 heterocycles. The summed E-state index contributed by atoms with van der Waals surface area (Å²) in [4.78, 5) is 0. The lowest BCUT2D eigenvalue weighted by molar-refractivity contribution is -0.0379. The van der Waals surface area contributed by atoms with Crippen LogP contribution in [0.2, 0.25) is 5.02 Å². The molecule has 0 radical (unpaired) electrons. The molecule has 0 saturated carbocycles. The molecule has 0 aliphatic heterocycles. The largest absolute Gasteiger partial charge is 0.374 e. The van der Waals surface area contributed by atoms with E-state index in [-0.39, 0.29) is 17.5 Å². The number of benzene rings is 1. The zero-order chi connectivity index (χ0) is 15.2. The molecule has 1 N–H and O–H groups in total. The van der Waals surface area contributed by atoms with Crippen LogP contribution < -0.4 is 5.32 Å². The molecule has 1 atom stereocenters. The van der Waals surface area contributed by atoms with E-state index in [0.717, 1.165) is 18.5 Å². The molecule has 1 rings (SSSR count). The molecule has 0 fully saturated rings. The van der Waals surface area contributed by atoms with Crippen molar-refractivity contribution >= 4 is 11.6 Å². The van der Waals surface area contributed by atoms with Gasteiger partial charge >= 0.3 is 0 Å². The maximum atomic E-state index is 13.1. The van der Waals surface area contributed by atoms with E-state index in [4.69, 9.17) is 16.3 Å². The van der Waals surface area contributed by atoms with Crippen molar-refractivity contribution in [3.8, 4) is 0 Å². The molecule has 4 heteroatoms. The van der Waals surface area contributed by atoms with Gasteiger partial charge in [0.05, 0.1) is 5.60 Å². The number of halogens is 2. The van der Waals surface area contributed by atoms with Gasteiger partial charge in [-0.3, -0.25) is 0 Å². The molecule has 1 aromatic rings. The number of hydrogen-bond acceptors (Lipinski definition) is 2. The van der Waals surface area contributed by atoms with Crippen LogP contribution in [0.3, 0.4) is 0 Å². The fourth-order valence-electron chi connectivity index (χ4n) is 2.26. The van der Waals surface area contributed by atoms with Crippen LogP contribution in [0.5, 0.6) is 0 Å². The normalized spacial score (nSPS) is 13.5. The van der Waals surface area contributed by atoms with Gasteiger partial charge in [0.2, 0.25) is 0 Å². The first-order valence-corrected chi connectivity index (χ1v) is 7.59. The Morgan fingerprint density at radius 2 is 2.05 bits per heavy atom. The van der Waals surface area contributed by atoms with Gasteiger partial charge in [-0.15, -0.1) is 0 Å². The van der Waals surface area contributed by atoms with Crippen LogP contribution >= 0.6 is 11.6 Å². The maximum absolute atomic E-state index is 13.1. The summed E-state index contributed by atoms with van der Waals surface area (Å²) in [6.45, 7) is 9.84. The van der Waals surface area contributed by atoms with Crippen LogP contribution in [0, 0.1) is 5.82 Å². The third-order valence-electron chi connectivity index (χ3n) is 3.44. The van der Waals surface area contributed by atoms with Crippen LogP contribution in [0.25, 0.3) is 0 Å². The SMILES string of the molecule is CCCNC(Cc1ccc(F)cc1Cl)C(C)(C)OCC. The standard InChI is InChI=1S/C16H25ClFNO/c1-5-9-19-15(16(3,4)20-6-2)10-12-7-8-13(18)11-14(12)17/h7-8,11,15,19H,5-6,9-10H2,1-4H3. The molecule has 20 heavy (non-hydrogen) atoms. The van der Waals surface area contributed by atoms with E-state index in [9.17, 15) is 4.39 Å². The minimum atomic E-state index is -0.305. The Hall–Kier alpha value is -0.640. The van der Waals surface area contributed by atoms with E-state index in [1.165, 1.54) is 12.1 Å². The molecule has 0 aliphatic carbocycles. The Morgan fingerprint density at radius 3 is 2.60 bits per heavy atom. The molecule has 0 spiro atoms. The van der Waals surface area contributed by atoms with Crippen LogP contribution in [-0.2, 0) is 11.2 Å². The van der Waals surface area contributed by atoms with Gasteiger partial charge in [0.25, 0.3) is 0 Å². The molecule has 0 aromatic heterocycles. The summed E-state index contributed by atoms with van der Waals surface area (Å²) in [7, 11) is 0. The quantitative estimate of drug-likeness (QED) is 0.777. The van der Waals surface area contributed by atoms with E-state index in [2.05, 4.69) is 26.1 Å². The molecule has 2 nitrogen and oxygen atoms in total. The van der Waals surface area contributed by atoms with Crippen molar-refractivity contribution in [2.45, 2.75) is 52.2 Å². The summed E-state index contributed by atoms with van der Waals surface area (Å²) in [5.41, 5.74) is 0.635. The number of rotatable bonds is 8. The molecule has 0 amide bonds. The van der Waals surface area contributed by atoms with Crippen LogP contribution in [0.15, 0.2) is 18.2 Å². The average Bonchev–Trinajstić information content (AvgIpc) is 2.36. The zero-order valence-electron chi connectivity index (χ0n) is 12.8. The van der Waals surface area contributed by atoms with Crippen molar-refractivity contribution in [3.05, 3.63) is 34.6 Å². The summed E-state index contributed by atoms with van der Waals surface area (Å²) in [6, 6.07) is 4.69. The molecule has 1 unspecified atom stereocenters. The van der Waals surface area contributed by atoms with Gasteiger partial charge in [-0.25, -0.2) is 4.39 Å². The first kappa shape index (κ1) is 17.4. The first-order chi connectivity index (χ1) is 9.40. The zero-order valence-corrected chi connectivity index (χ0v) is 13.6. The van der Waals surface area contributed by atoms with E-state index in [0.29, 0.717) is 18.1 Å². The van der Waals surface area contributed by atoms with Crippen LogP contribution in [-0.4, -0.2) is 24.8 Å². The Bertz CT molecular complexity index is 423. The van der Waals surface area contributed by atoms with Crippen molar-refractivity contribution in [1.29, 1.82) is 0 Å². The molecular formula is C16H25ClFNO. The Labute approximate surface area is 126 Å².